The summed E-state index contributed by atoms with van der Waals surface area (Å²) in [6.07, 6.45) is 1.72. The van der Waals surface area contributed by atoms with Crippen LogP contribution in [0.15, 0.2) is 71.8 Å². The third kappa shape index (κ3) is 2.54. The van der Waals surface area contributed by atoms with Crippen LogP contribution in [0.3, 0.4) is 0 Å². The summed E-state index contributed by atoms with van der Waals surface area (Å²) >= 11 is 0. The van der Waals surface area contributed by atoms with Crippen molar-refractivity contribution in [1.82, 2.24) is 4.98 Å². The molecule has 1 unspecified atom stereocenters. The predicted molar refractivity (Wildman–Crippen MR) is 83.8 cm³/mol. The zero-order valence-electron chi connectivity index (χ0n) is 11.6. The van der Waals surface area contributed by atoms with Gasteiger partial charge in [0.15, 0.2) is 9.84 Å². The molecular weight excluding hydrogens is 282 g/mol. The highest BCUT2D eigenvalue weighted by Crippen LogP contribution is 2.28. The molecule has 3 nitrogen and oxygen atoms in total. The highest BCUT2D eigenvalue weighted by atomic mass is 32.2. The zero-order valence-corrected chi connectivity index (χ0v) is 12.4. The van der Waals surface area contributed by atoms with Crippen LogP contribution in [-0.4, -0.2) is 13.4 Å². The summed E-state index contributed by atoms with van der Waals surface area (Å²) in [7, 11) is -3.42. The van der Waals surface area contributed by atoms with Gasteiger partial charge in [-0.05, 0) is 30.5 Å². The van der Waals surface area contributed by atoms with E-state index in [4.69, 9.17) is 0 Å². The molecule has 1 atom stereocenters. The van der Waals surface area contributed by atoms with E-state index in [1.807, 2.05) is 30.3 Å². The smallest absolute Gasteiger partial charge is 0.186 e. The van der Waals surface area contributed by atoms with E-state index in [9.17, 15) is 8.42 Å². The number of sulfone groups is 1. The van der Waals surface area contributed by atoms with Crippen molar-refractivity contribution in [3.05, 3.63) is 72.6 Å². The van der Waals surface area contributed by atoms with Crippen LogP contribution in [0.4, 0.5) is 0 Å². The summed E-state index contributed by atoms with van der Waals surface area (Å²) < 4.78 is 25.3. The minimum atomic E-state index is -3.42. The van der Waals surface area contributed by atoms with E-state index in [0.29, 0.717) is 10.6 Å². The monoisotopic (exact) mass is 297 g/mol. The number of rotatable bonds is 3. The van der Waals surface area contributed by atoms with Gasteiger partial charge in [0, 0.05) is 11.6 Å². The van der Waals surface area contributed by atoms with Crippen molar-refractivity contribution in [2.24, 2.45) is 0 Å². The van der Waals surface area contributed by atoms with Gasteiger partial charge >= 0.3 is 0 Å². The van der Waals surface area contributed by atoms with Gasteiger partial charge in [-0.3, -0.25) is 4.98 Å². The first-order chi connectivity index (χ1) is 10.1. The van der Waals surface area contributed by atoms with E-state index >= 15 is 0 Å². The molecule has 0 bridgehead atoms. The Kier molecular flexibility index (Phi) is 3.47. The zero-order chi connectivity index (χ0) is 14.9. The van der Waals surface area contributed by atoms with Gasteiger partial charge in [-0.2, -0.15) is 0 Å². The number of fused-ring (bicyclic) bond motifs is 1. The van der Waals surface area contributed by atoms with E-state index < -0.39 is 15.1 Å². The second-order valence-electron chi connectivity index (χ2n) is 4.96. The maximum atomic E-state index is 12.6. The third-order valence-corrected chi connectivity index (χ3v) is 5.71. The molecule has 3 rings (SSSR count). The number of benzene rings is 2. The van der Waals surface area contributed by atoms with Gasteiger partial charge < -0.3 is 0 Å². The maximum Gasteiger partial charge on any atom is 0.186 e. The van der Waals surface area contributed by atoms with Crippen LogP contribution in [0.1, 0.15) is 17.9 Å². The minimum absolute atomic E-state index is 0.326. The van der Waals surface area contributed by atoms with Crippen LogP contribution < -0.4 is 0 Å². The Hall–Kier alpha value is -2.20. The summed E-state index contributed by atoms with van der Waals surface area (Å²) in [5, 5.41) is 1.33. The lowest BCUT2D eigenvalue weighted by Gasteiger charge is -2.13. The predicted octanol–water partition coefficient (Wildman–Crippen LogP) is 3.77. The molecule has 21 heavy (non-hydrogen) atoms. The highest BCUT2D eigenvalue weighted by molar-refractivity contribution is 7.91. The Morgan fingerprint density at radius 3 is 2.24 bits per heavy atom. The summed E-state index contributed by atoms with van der Waals surface area (Å²) in [6.45, 7) is 1.68. The van der Waals surface area contributed by atoms with Gasteiger partial charge in [0.25, 0.3) is 0 Å². The first-order valence-electron chi connectivity index (χ1n) is 6.73. The summed E-state index contributed by atoms with van der Waals surface area (Å²) in [6, 6.07) is 18.1. The molecular formula is C17H15NO2S. The minimum Gasteiger partial charge on any atom is -0.259 e. The SMILES string of the molecule is CC(c1cc2ccccc2cn1)S(=O)(=O)c1ccccc1. The highest BCUT2D eigenvalue weighted by Gasteiger charge is 2.25. The summed E-state index contributed by atoms with van der Waals surface area (Å²) in [5.41, 5.74) is 0.567. The molecule has 0 aliphatic heterocycles. The largest absolute Gasteiger partial charge is 0.259 e. The molecule has 0 N–H and O–H groups in total. The van der Waals surface area contributed by atoms with Crippen LogP contribution in [0.5, 0.6) is 0 Å². The van der Waals surface area contributed by atoms with Gasteiger partial charge in [-0.1, -0.05) is 42.5 Å². The normalized spacial score (nSPS) is 13.2. The first-order valence-corrected chi connectivity index (χ1v) is 8.27. The van der Waals surface area contributed by atoms with Gasteiger partial charge in [-0.25, -0.2) is 8.42 Å². The standard InChI is InChI=1S/C17H15NO2S/c1-13(21(19,20)16-9-3-2-4-10-16)17-11-14-7-5-6-8-15(14)12-18-17/h2-13H,1H3. The van der Waals surface area contributed by atoms with Gasteiger partial charge in [0.2, 0.25) is 0 Å². The molecule has 2 aromatic carbocycles. The summed E-state index contributed by atoms with van der Waals surface area (Å²) in [5.74, 6) is 0. The van der Waals surface area contributed by atoms with Gasteiger partial charge in [0.1, 0.15) is 5.25 Å². The van der Waals surface area contributed by atoms with E-state index in [1.54, 1.807) is 43.5 Å². The van der Waals surface area contributed by atoms with E-state index in [0.717, 1.165) is 10.8 Å². The van der Waals surface area contributed by atoms with E-state index in [1.165, 1.54) is 0 Å². The average molecular weight is 297 g/mol. The van der Waals surface area contributed by atoms with Crippen molar-refractivity contribution in [3.63, 3.8) is 0 Å². The van der Waals surface area contributed by atoms with Gasteiger partial charge in [-0.15, -0.1) is 0 Å². The van der Waals surface area contributed by atoms with E-state index in [2.05, 4.69) is 4.98 Å². The Morgan fingerprint density at radius 2 is 1.52 bits per heavy atom. The molecule has 0 spiro atoms. The van der Waals surface area contributed by atoms with Crippen LogP contribution in [0.2, 0.25) is 0 Å². The Morgan fingerprint density at radius 1 is 0.905 bits per heavy atom. The second-order valence-corrected chi connectivity index (χ2v) is 7.23. The molecule has 1 aromatic heterocycles. The number of nitrogens with zero attached hydrogens (tertiary/aromatic N) is 1. The van der Waals surface area contributed by atoms with Gasteiger partial charge in [0.05, 0.1) is 10.6 Å². The maximum absolute atomic E-state index is 12.6. The molecule has 4 heteroatoms. The van der Waals surface area contributed by atoms with E-state index in [-0.39, 0.29) is 0 Å². The number of pyridine rings is 1. The molecule has 1 heterocycles. The molecule has 0 aliphatic rings. The second kappa shape index (κ2) is 5.30. The Labute approximate surface area is 124 Å². The molecule has 0 saturated heterocycles. The fourth-order valence-corrected chi connectivity index (χ4v) is 3.69. The molecule has 0 saturated carbocycles. The number of aromatic nitrogens is 1. The van der Waals surface area contributed by atoms with Crippen LogP contribution in [0, 0.1) is 0 Å². The lowest BCUT2D eigenvalue weighted by Crippen LogP contribution is -2.12. The molecule has 0 aliphatic carbocycles. The van der Waals surface area contributed by atoms with Crippen LogP contribution in [0.25, 0.3) is 10.8 Å². The quantitative estimate of drug-likeness (QED) is 0.739. The number of hydrogen-bond donors (Lipinski definition) is 0. The van der Waals surface area contributed by atoms with Crippen molar-refractivity contribution in [1.29, 1.82) is 0 Å². The summed E-state index contributed by atoms with van der Waals surface area (Å²) in [4.78, 5) is 4.65. The van der Waals surface area contributed by atoms with Crippen molar-refractivity contribution in [2.75, 3.05) is 0 Å². The topological polar surface area (TPSA) is 47.0 Å². The first kappa shape index (κ1) is 13.8. The van der Waals surface area contributed by atoms with Crippen molar-refractivity contribution in [2.45, 2.75) is 17.1 Å². The fraction of sp³-hybridized carbons (Fsp3) is 0.118. The molecule has 106 valence electrons. The third-order valence-electron chi connectivity index (χ3n) is 3.61. The Balaban J connectivity index is 2.06. The molecule has 3 aromatic rings. The van der Waals surface area contributed by atoms with Crippen molar-refractivity contribution >= 4 is 20.6 Å². The molecule has 0 fully saturated rings. The fourth-order valence-electron chi connectivity index (χ4n) is 2.30. The molecule has 0 amide bonds. The van der Waals surface area contributed by atoms with Crippen molar-refractivity contribution in [3.8, 4) is 0 Å². The van der Waals surface area contributed by atoms with Crippen LogP contribution in [-0.2, 0) is 9.84 Å². The lowest BCUT2D eigenvalue weighted by atomic mass is 10.1. The number of hydrogen-bond acceptors (Lipinski definition) is 3. The van der Waals surface area contributed by atoms with Crippen molar-refractivity contribution < 1.29 is 8.42 Å². The van der Waals surface area contributed by atoms with Crippen LogP contribution >= 0.6 is 0 Å². The average Bonchev–Trinajstić information content (AvgIpc) is 2.54. The lowest BCUT2D eigenvalue weighted by molar-refractivity contribution is 0.585. The Bertz CT molecular complexity index is 873. The molecule has 0 radical (unpaired) electrons.